The lowest BCUT2D eigenvalue weighted by atomic mass is 9.99. The molecule has 0 spiro atoms. The maximum absolute atomic E-state index is 12.2. The quantitative estimate of drug-likeness (QED) is 0.299. The third-order valence-corrected chi connectivity index (χ3v) is 5.74. The van der Waals surface area contributed by atoms with E-state index in [0.717, 1.165) is 30.0 Å². The van der Waals surface area contributed by atoms with Crippen molar-refractivity contribution in [1.29, 1.82) is 0 Å². The summed E-state index contributed by atoms with van der Waals surface area (Å²) in [6.45, 7) is 3.10. The van der Waals surface area contributed by atoms with Crippen LogP contribution in [0.5, 0.6) is 5.75 Å². The molecule has 0 radical (unpaired) electrons. The number of ether oxygens (including phenoxy) is 1. The number of hydrogen-bond acceptors (Lipinski definition) is 3. The Morgan fingerprint density at radius 1 is 0.931 bits per heavy atom. The van der Waals surface area contributed by atoms with Gasteiger partial charge in [0, 0.05) is 10.9 Å². The standard InChI is InChI=1S/C23H24F3NOS/c1-17(21-10-6-8-18-7-2-3-9-22(18)21)27-15-4-5-16-29-20-13-11-19(12-14-20)28-23(24,25)26/h2-3,6-14,17,27H,4-5,15-16H2,1H3/t17-/m1/s1. The highest BCUT2D eigenvalue weighted by Gasteiger charge is 2.30. The second kappa shape index (κ2) is 10.0. The minimum Gasteiger partial charge on any atom is -0.406 e. The average molecular weight is 420 g/mol. The Morgan fingerprint density at radius 3 is 2.41 bits per heavy atom. The highest BCUT2D eigenvalue weighted by molar-refractivity contribution is 7.99. The Bertz CT molecular complexity index is 907. The monoisotopic (exact) mass is 419 g/mol. The molecule has 0 bridgehead atoms. The van der Waals surface area contributed by atoms with Crippen molar-refractivity contribution in [2.24, 2.45) is 0 Å². The first kappa shape index (κ1) is 21.5. The maximum Gasteiger partial charge on any atom is 0.573 e. The first-order chi connectivity index (χ1) is 13.9. The Hall–Kier alpha value is -2.18. The predicted octanol–water partition coefficient (Wildman–Crippen LogP) is 6.96. The summed E-state index contributed by atoms with van der Waals surface area (Å²) in [6, 6.07) is 21.1. The van der Waals surface area contributed by atoms with Gasteiger partial charge in [-0.25, -0.2) is 0 Å². The number of alkyl halides is 3. The molecule has 0 unspecified atom stereocenters. The van der Waals surface area contributed by atoms with Crippen molar-refractivity contribution >= 4 is 22.5 Å². The molecule has 0 aliphatic carbocycles. The van der Waals surface area contributed by atoms with Gasteiger partial charge in [0.25, 0.3) is 0 Å². The van der Waals surface area contributed by atoms with Gasteiger partial charge in [-0.2, -0.15) is 0 Å². The highest BCUT2D eigenvalue weighted by Crippen LogP contribution is 2.27. The number of rotatable bonds is 9. The molecule has 2 nitrogen and oxygen atoms in total. The van der Waals surface area contributed by atoms with Gasteiger partial charge in [0.05, 0.1) is 0 Å². The summed E-state index contributed by atoms with van der Waals surface area (Å²) in [7, 11) is 0. The average Bonchev–Trinajstić information content (AvgIpc) is 2.70. The predicted molar refractivity (Wildman–Crippen MR) is 113 cm³/mol. The van der Waals surface area contributed by atoms with Crippen LogP contribution in [0, 0.1) is 0 Å². The van der Waals surface area contributed by atoms with Gasteiger partial charge < -0.3 is 10.1 Å². The molecular formula is C23H24F3NOS. The van der Waals surface area contributed by atoms with Gasteiger partial charge in [-0.15, -0.1) is 24.9 Å². The van der Waals surface area contributed by atoms with E-state index in [1.165, 1.54) is 28.5 Å². The summed E-state index contributed by atoms with van der Waals surface area (Å²) in [4.78, 5) is 0.941. The van der Waals surface area contributed by atoms with Gasteiger partial charge in [-0.1, -0.05) is 42.5 Å². The Balaban J connectivity index is 1.38. The maximum atomic E-state index is 12.2. The molecule has 6 heteroatoms. The summed E-state index contributed by atoms with van der Waals surface area (Å²) in [5, 5.41) is 6.12. The molecule has 3 aromatic rings. The van der Waals surface area contributed by atoms with E-state index in [-0.39, 0.29) is 11.8 Å². The van der Waals surface area contributed by atoms with Crippen LogP contribution in [0.2, 0.25) is 0 Å². The van der Waals surface area contributed by atoms with Crippen LogP contribution in [0.25, 0.3) is 10.8 Å². The number of nitrogens with one attached hydrogen (secondary N) is 1. The van der Waals surface area contributed by atoms with Crippen molar-refractivity contribution in [3.8, 4) is 5.75 Å². The highest BCUT2D eigenvalue weighted by atomic mass is 32.2. The molecule has 0 aliphatic rings. The summed E-state index contributed by atoms with van der Waals surface area (Å²) < 4.78 is 40.4. The zero-order valence-corrected chi connectivity index (χ0v) is 17.0. The molecule has 0 saturated carbocycles. The normalized spacial score (nSPS) is 12.8. The summed E-state index contributed by atoms with van der Waals surface area (Å²) in [5.41, 5.74) is 1.30. The van der Waals surface area contributed by atoms with Crippen molar-refractivity contribution < 1.29 is 17.9 Å². The van der Waals surface area contributed by atoms with Crippen molar-refractivity contribution in [2.75, 3.05) is 12.3 Å². The third-order valence-electron chi connectivity index (χ3n) is 4.64. The Labute approximate surface area is 173 Å². The molecule has 0 aliphatic heterocycles. The Kier molecular flexibility index (Phi) is 7.45. The zero-order chi connectivity index (χ0) is 20.7. The molecule has 3 aromatic carbocycles. The van der Waals surface area contributed by atoms with Crippen LogP contribution in [0.4, 0.5) is 13.2 Å². The second-order valence-corrected chi connectivity index (χ2v) is 7.99. The largest absolute Gasteiger partial charge is 0.573 e. The number of hydrogen-bond donors (Lipinski definition) is 1. The van der Waals surface area contributed by atoms with E-state index in [4.69, 9.17) is 0 Å². The molecule has 0 saturated heterocycles. The van der Waals surface area contributed by atoms with Crippen molar-refractivity contribution in [3.63, 3.8) is 0 Å². The number of unbranched alkanes of at least 4 members (excludes halogenated alkanes) is 1. The van der Waals surface area contributed by atoms with Gasteiger partial charge >= 0.3 is 6.36 Å². The van der Waals surface area contributed by atoms with E-state index in [0.29, 0.717) is 0 Å². The smallest absolute Gasteiger partial charge is 0.406 e. The molecule has 154 valence electrons. The van der Waals surface area contributed by atoms with Crippen LogP contribution in [-0.2, 0) is 0 Å². The van der Waals surface area contributed by atoms with E-state index in [9.17, 15) is 13.2 Å². The van der Waals surface area contributed by atoms with Crippen LogP contribution in [0.3, 0.4) is 0 Å². The molecule has 3 rings (SSSR count). The van der Waals surface area contributed by atoms with Gasteiger partial charge in [0.15, 0.2) is 0 Å². The van der Waals surface area contributed by atoms with Crippen molar-refractivity contribution in [1.82, 2.24) is 5.32 Å². The number of halogens is 3. The van der Waals surface area contributed by atoms with Gasteiger partial charge in [0.2, 0.25) is 0 Å². The fraction of sp³-hybridized carbons (Fsp3) is 0.304. The van der Waals surface area contributed by atoms with E-state index in [1.54, 1.807) is 23.9 Å². The van der Waals surface area contributed by atoms with Gasteiger partial charge in [0.1, 0.15) is 5.75 Å². The summed E-state index contributed by atoms with van der Waals surface area (Å²) >= 11 is 1.64. The molecule has 1 N–H and O–H groups in total. The number of thioether (sulfide) groups is 1. The molecule has 0 aromatic heterocycles. The first-order valence-electron chi connectivity index (χ1n) is 9.62. The van der Waals surface area contributed by atoms with E-state index in [2.05, 4.69) is 59.4 Å². The second-order valence-electron chi connectivity index (χ2n) is 6.82. The number of benzene rings is 3. The summed E-state index contributed by atoms with van der Waals surface area (Å²) in [5.74, 6) is 0.734. The van der Waals surface area contributed by atoms with Crippen molar-refractivity contribution in [3.05, 3.63) is 72.3 Å². The lowest BCUT2D eigenvalue weighted by Crippen LogP contribution is -2.20. The third kappa shape index (κ3) is 6.68. The van der Waals surface area contributed by atoms with E-state index < -0.39 is 6.36 Å². The lowest BCUT2D eigenvalue weighted by molar-refractivity contribution is -0.274. The SMILES string of the molecule is C[C@@H](NCCCCSc1ccc(OC(F)(F)F)cc1)c1cccc2ccccc12. The van der Waals surface area contributed by atoms with Gasteiger partial charge in [-0.05, 0) is 72.7 Å². The molecular weight excluding hydrogens is 395 g/mol. The molecule has 1 atom stereocenters. The molecule has 29 heavy (non-hydrogen) atoms. The molecule has 0 amide bonds. The first-order valence-corrected chi connectivity index (χ1v) is 10.6. The van der Waals surface area contributed by atoms with Gasteiger partial charge in [-0.3, -0.25) is 0 Å². The lowest BCUT2D eigenvalue weighted by Gasteiger charge is -2.16. The van der Waals surface area contributed by atoms with Crippen LogP contribution in [0.1, 0.15) is 31.4 Å². The summed E-state index contributed by atoms with van der Waals surface area (Å²) in [6.07, 6.45) is -2.58. The van der Waals surface area contributed by atoms with E-state index >= 15 is 0 Å². The zero-order valence-electron chi connectivity index (χ0n) is 16.2. The topological polar surface area (TPSA) is 21.3 Å². The fourth-order valence-corrected chi connectivity index (χ4v) is 4.12. The van der Waals surface area contributed by atoms with Crippen LogP contribution in [-0.4, -0.2) is 18.7 Å². The van der Waals surface area contributed by atoms with Crippen LogP contribution < -0.4 is 10.1 Å². The number of fused-ring (bicyclic) bond motifs is 1. The van der Waals surface area contributed by atoms with Crippen molar-refractivity contribution in [2.45, 2.75) is 37.1 Å². The Morgan fingerprint density at radius 2 is 1.66 bits per heavy atom. The molecule has 0 heterocycles. The van der Waals surface area contributed by atoms with Crippen LogP contribution >= 0.6 is 11.8 Å². The fourth-order valence-electron chi connectivity index (χ4n) is 3.21. The minimum atomic E-state index is -4.65. The van der Waals surface area contributed by atoms with E-state index in [1.807, 2.05) is 0 Å². The van der Waals surface area contributed by atoms with Crippen LogP contribution in [0.15, 0.2) is 71.6 Å². The minimum absolute atomic E-state index is 0.187. The molecule has 0 fully saturated rings.